The van der Waals surface area contributed by atoms with Gasteiger partial charge in [-0.25, -0.2) is 4.39 Å². The van der Waals surface area contributed by atoms with Gasteiger partial charge in [-0.3, -0.25) is 4.90 Å². The van der Waals surface area contributed by atoms with Crippen molar-refractivity contribution in [1.29, 1.82) is 0 Å². The van der Waals surface area contributed by atoms with E-state index in [1.165, 1.54) is 6.07 Å². The molecule has 5 nitrogen and oxygen atoms in total. The Labute approximate surface area is 146 Å². The Morgan fingerprint density at radius 2 is 2.00 bits per heavy atom. The number of thiocarbonyl (C=S) groups is 1. The third-order valence-corrected chi connectivity index (χ3v) is 4.51. The van der Waals surface area contributed by atoms with E-state index in [1.54, 1.807) is 13.0 Å². The van der Waals surface area contributed by atoms with E-state index in [2.05, 4.69) is 20.3 Å². The molecule has 0 aliphatic carbocycles. The average molecular weight is 348 g/mol. The summed E-state index contributed by atoms with van der Waals surface area (Å²) >= 11 is 5.45. The average Bonchev–Trinajstić information content (AvgIpc) is 2.96. The zero-order chi connectivity index (χ0) is 17.1. The molecule has 0 unspecified atom stereocenters. The van der Waals surface area contributed by atoms with Gasteiger partial charge in [0.15, 0.2) is 5.11 Å². The molecular weight excluding hydrogens is 327 g/mol. The molecule has 1 saturated heterocycles. The number of nitrogens with zero attached hydrogens (tertiary/aromatic N) is 3. The van der Waals surface area contributed by atoms with Gasteiger partial charge in [-0.2, -0.15) is 0 Å². The highest BCUT2D eigenvalue weighted by Gasteiger charge is 2.20. The van der Waals surface area contributed by atoms with E-state index in [1.807, 2.05) is 19.1 Å². The van der Waals surface area contributed by atoms with Crippen LogP contribution >= 0.6 is 12.2 Å². The van der Waals surface area contributed by atoms with Crippen molar-refractivity contribution in [2.24, 2.45) is 0 Å². The molecule has 0 bridgehead atoms. The first kappa shape index (κ1) is 16.9. The van der Waals surface area contributed by atoms with Gasteiger partial charge in [0.2, 0.25) is 0 Å². The zero-order valence-electron chi connectivity index (χ0n) is 13.9. The fourth-order valence-electron chi connectivity index (χ4n) is 2.70. The third-order valence-electron chi connectivity index (χ3n) is 4.14. The van der Waals surface area contributed by atoms with Gasteiger partial charge in [0.1, 0.15) is 11.6 Å². The van der Waals surface area contributed by atoms with Crippen LogP contribution in [0.15, 0.2) is 28.8 Å². The Hall–Kier alpha value is -1.99. The van der Waals surface area contributed by atoms with Gasteiger partial charge in [-0.15, -0.1) is 0 Å². The van der Waals surface area contributed by atoms with Gasteiger partial charge in [-0.05, 0) is 43.8 Å². The number of anilines is 1. The van der Waals surface area contributed by atoms with Gasteiger partial charge in [0.05, 0.1) is 5.69 Å². The molecule has 0 atom stereocenters. The molecule has 2 aromatic rings. The molecule has 24 heavy (non-hydrogen) atoms. The van der Waals surface area contributed by atoms with Crippen LogP contribution in [0, 0.1) is 19.7 Å². The molecular formula is C17H21FN4OS. The number of rotatable bonds is 3. The number of hydrogen-bond acceptors (Lipinski definition) is 4. The highest BCUT2D eigenvalue weighted by molar-refractivity contribution is 7.80. The number of aromatic nitrogens is 1. The van der Waals surface area contributed by atoms with Crippen molar-refractivity contribution in [3.05, 3.63) is 47.1 Å². The van der Waals surface area contributed by atoms with Crippen LogP contribution in [0.1, 0.15) is 17.0 Å². The normalized spacial score (nSPS) is 15.5. The SMILES string of the molecule is Cc1cc(CN2CCN(C(=S)Nc3ccc(C)c(F)c3)CC2)no1. The Kier molecular flexibility index (Phi) is 5.11. The Bertz CT molecular complexity index is 725. The fraction of sp³-hybridized carbons (Fsp3) is 0.412. The first-order valence-electron chi connectivity index (χ1n) is 7.98. The Balaban J connectivity index is 1.50. The molecule has 3 rings (SSSR count). The molecule has 2 heterocycles. The summed E-state index contributed by atoms with van der Waals surface area (Å²) < 4.78 is 18.7. The maximum Gasteiger partial charge on any atom is 0.173 e. The van der Waals surface area contributed by atoms with Crippen molar-refractivity contribution < 1.29 is 8.91 Å². The van der Waals surface area contributed by atoms with Crippen molar-refractivity contribution in [3.63, 3.8) is 0 Å². The molecule has 1 aliphatic heterocycles. The van der Waals surface area contributed by atoms with Crippen molar-refractivity contribution in [3.8, 4) is 0 Å². The lowest BCUT2D eigenvalue weighted by Crippen LogP contribution is -2.49. The van der Waals surface area contributed by atoms with Crippen LogP contribution in [0.25, 0.3) is 0 Å². The van der Waals surface area contributed by atoms with Crippen LogP contribution in [0.4, 0.5) is 10.1 Å². The van der Waals surface area contributed by atoms with E-state index in [9.17, 15) is 4.39 Å². The van der Waals surface area contributed by atoms with Gasteiger partial charge in [0.25, 0.3) is 0 Å². The highest BCUT2D eigenvalue weighted by Crippen LogP contribution is 2.15. The summed E-state index contributed by atoms with van der Waals surface area (Å²) in [5.41, 5.74) is 2.27. The van der Waals surface area contributed by atoms with E-state index < -0.39 is 0 Å². The highest BCUT2D eigenvalue weighted by atomic mass is 32.1. The number of benzene rings is 1. The molecule has 128 valence electrons. The van der Waals surface area contributed by atoms with E-state index >= 15 is 0 Å². The minimum absolute atomic E-state index is 0.226. The first-order chi connectivity index (χ1) is 11.5. The summed E-state index contributed by atoms with van der Waals surface area (Å²) in [4.78, 5) is 4.43. The minimum Gasteiger partial charge on any atom is -0.361 e. The second-order valence-electron chi connectivity index (χ2n) is 6.09. The van der Waals surface area contributed by atoms with Crippen LogP contribution in [0.2, 0.25) is 0 Å². The standard InChI is InChI=1S/C17H21FN4OS/c1-12-3-4-14(10-16(12)18)19-17(24)22-7-5-21(6-8-22)11-15-9-13(2)23-20-15/h3-4,9-10H,5-8,11H2,1-2H3,(H,19,24). The lowest BCUT2D eigenvalue weighted by atomic mass is 10.2. The molecule has 1 aromatic carbocycles. The summed E-state index contributed by atoms with van der Waals surface area (Å²) in [5, 5.41) is 7.78. The van der Waals surface area contributed by atoms with Crippen molar-refractivity contribution in [2.45, 2.75) is 20.4 Å². The van der Waals surface area contributed by atoms with Crippen molar-refractivity contribution in [1.82, 2.24) is 15.0 Å². The van der Waals surface area contributed by atoms with Crippen LogP contribution in [0.5, 0.6) is 0 Å². The molecule has 1 aliphatic rings. The van der Waals surface area contributed by atoms with Gasteiger partial charge in [0, 0.05) is 44.5 Å². The van der Waals surface area contributed by atoms with Crippen LogP contribution in [0.3, 0.4) is 0 Å². The molecule has 1 aromatic heterocycles. The Morgan fingerprint density at radius 3 is 2.62 bits per heavy atom. The molecule has 0 saturated carbocycles. The second-order valence-corrected chi connectivity index (χ2v) is 6.47. The molecule has 0 amide bonds. The van der Waals surface area contributed by atoms with Gasteiger partial charge in [-0.1, -0.05) is 11.2 Å². The lowest BCUT2D eigenvalue weighted by molar-refractivity contribution is 0.173. The topological polar surface area (TPSA) is 44.5 Å². The van der Waals surface area contributed by atoms with Crippen molar-refractivity contribution in [2.75, 3.05) is 31.5 Å². The number of nitrogens with one attached hydrogen (secondary N) is 1. The predicted molar refractivity (Wildman–Crippen MR) is 95.4 cm³/mol. The summed E-state index contributed by atoms with van der Waals surface area (Å²) in [6, 6.07) is 7.03. The summed E-state index contributed by atoms with van der Waals surface area (Å²) in [6.45, 7) is 7.88. The molecule has 0 spiro atoms. The predicted octanol–water partition coefficient (Wildman–Crippen LogP) is 2.95. The number of piperazine rings is 1. The largest absolute Gasteiger partial charge is 0.361 e. The molecule has 1 fully saturated rings. The molecule has 0 radical (unpaired) electrons. The minimum atomic E-state index is -0.226. The molecule has 7 heteroatoms. The number of halogens is 1. The number of aryl methyl sites for hydroxylation is 2. The van der Waals surface area contributed by atoms with E-state index in [0.717, 1.165) is 44.2 Å². The van der Waals surface area contributed by atoms with E-state index in [0.29, 0.717) is 16.4 Å². The first-order valence-corrected chi connectivity index (χ1v) is 8.39. The molecule has 1 N–H and O–H groups in total. The van der Waals surface area contributed by atoms with Gasteiger partial charge < -0.3 is 14.7 Å². The maximum absolute atomic E-state index is 13.6. The lowest BCUT2D eigenvalue weighted by Gasteiger charge is -2.35. The summed E-state index contributed by atoms with van der Waals surface area (Å²) in [6.07, 6.45) is 0. The Morgan fingerprint density at radius 1 is 1.25 bits per heavy atom. The zero-order valence-corrected chi connectivity index (χ0v) is 14.7. The maximum atomic E-state index is 13.6. The van der Waals surface area contributed by atoms with Crippen LogP contribution < -0.4 is 5.32 Å². The summed E-state index contributed by atoms with van der Waals surface area (Å²) in [5.74, 6) is 0.606. The quantitative estimate of drug-likeness (QED) is 0.861. The van der Waals surface area contributed by atoms with Crippen LogP contribution in [-0.4, -0.2) is 46.2 Å². The second kappa shape index (κ2) is 7.27. The van der Waals surface area contributed by atoms with Gasteiger partial charge >= 0.3 is 0 Å². The third kappa shape index (κ3) is 4.10. The monoisotopic (exact) mass is 348 g/mol. The van der Waals surface area contributed by atoms with Crippen molar-refractivity contribution >= 4 is 23.0 Å². The van der Waals surface area contributed by atoms with E-state index in [-0.39, 0.29) is 5.82 Å². The smallest absolute Gasteiger partial charge is 0.173 e. The summed E-state index contributed by atoms with van der Waals surface area (Å²) in [7, 11) is 0. The van der Waals surface area contributed by atoms with Crippen LogP contribution in [-0.2, 0) is 6.54 Å². The van der Waals surface area contributed by atoms with E-state index in [4.69, 9.17) is 16.7 Å². The fourth-order valence-corrected chi connectivity index (χ4v) is 3.00. The number of hydrogen-bond donors (Lipinski definition) is 1.